The minimum atomic E-state index is -0.644. The van der Waals surface area contributed by atoms with Crippen molar-refractivity contribution < 1.29 is 23.6 Å². The van der Waals surface area contributed by atoms with Crippen molar-refractivity contribution in [3.63, 3.8) is 0 Å². The van der Waals surface area contributed by atoms with E-state index in [1.54, 1.807) is 29.6 Å². The number of nitro groups is 1. The number of phenols is 1. The standard InChI is InChI=1S/C29H24FN7O5S/c1-35-10-12-36(13-11-35)23-15-21-19(14-20(23)30)27(33-25(31-21)8-6-17-7-9-26(42-17)37(40)41)34-28(39)22-16-43-29(32-22)18-4-2-3-5-24(18)38/h2-9,14-16,38H,10-13H2,1H3,(H,31,33,34,39). The molecule has 218 valence electrons. The molecule has 4 heterocycles. The summed E-state index contributed by atoms with van der Waals surface area (Å²) in [7, 11) is 2.01. The van der Waals surface area contributed by atoms with Gasteiger partial charge < -0.3 is 24.6 Å². The molecule has 14 heteroatoms. The molecule has 0 saturated carbocycles. The first-order chi connectivity index (χ1) is 20.7. The number of hydrogen-bond acceptors (Lipinski definition) is 11. The number of rotatable bonds is 7. The van der Waals surface area contributed by atoms with Crippen LogP contribution in [0.5, 0.6) is 5.75 Å². The normalized spacial score (nSPS) is 14.0. The predicted molar refractivity (Wildman–Crippen MR) is 161 cm³/mol. The van der Waals surface area contributed by atoms with Crippen molar-refractivity contribution in [2.24, 2.45) is 0 Å². The smallest absolute Gasteiger partial charge is 0.433 e. The number of piperazine rings is 1. The van der Waals surface area contributed by atoms with Crippen LogP contribution in [0.25, 0.3) is 33.6 Å². The Morgan fingerprint density at radius 3 is 2.65 bits per heavy atom. The number of para-hydroxylation sites is 1. The molecule has 0 spiro atoms. The first-order valence-electron chi connectivity index (χ1n) is 13.2. The molecule has 1 amide bonds. The summed E-state index contributed by atoms with van der Waals surface area (Å²) in [6, 6.07) is 12.3. The Labute approximate surface area is 247 Å². The Kier molecular flexibility index (Phi) is 7.52. The van der Waals surface area contributed by atoms with Gasteiger partial charge in [-0.25, -0.2) is 19.3 Å². The number of fused-ring (bicyclic) bond motifs is 1. The number of benzene rings is 2. The molecule has 43 heavy (non-hydrogen) atoms. The molecule has 2 aromatic carbocycles. The van der Waals surface area contributed by atoms with Crippen LogP contribution in [-0.4, -0.2) is 69.0 Å². The lowest BCUT2D eigenvalue weighted by Gasteiger charge is -2.34. The third kappa shape index (κ3) is 5.91. The number of thiazole rings is 1. The van der Waals surface area contributed by atoms with E-state index < -0.39 is 22.5 Å². The van der Waals surface area contributed by atoms with Gasteiger partial charge in [0.1, 0.15) is 38.8 Å². The van der Waals surface area contributed by atoms with Crippen LogP contribution >= 0.6 is 11.3 Å². The highest BCUT2D eigenvalue weighted by Crippen LogP contribution is 2.33. The first kappa shape index (κ1) is 27.9. The molecule has 12 nitrogen and oxygen atoms in total. The monoisotopic (exact) mass is 601 g/mol. The molecule has 0 aliphatic carbocycles. The SMILES string of the molecule is CN1CCN(c2cc3nc(C=Cc4ccc([N+](=O)[O-])o4)nc(NC(=O)c4csc(-c5ccccc5O)n4)c3cc2F)CC1. The van der Waals surface area contributed by atoms with Gasteiger partial charge >= 0.3 is 5.88 Å². The molecule has 1 fully saturated rings. The van der Waals surface area contributed by atoms with Crippen molar-refractivity contribution in [2.75, 3.05) is 43.4 Å². The second kappa shape index (κ2) is 11.6. The summed E-state index contributed by atoms with van der Waals surface area (Å²) in [6.45, 7) is 2.84. The van der Waals surface area contributed by atoms with E-state index in [-0.39, 0.29) is 34.2 Å². The van der Waals surface area contributed by atoms with Crippen LogP contribution in [0.2, 0.25) is 0 Å². The summed E-state index contributed by atoms with van der Waals surface area (Å²) in [4.78, 5) is 41.1. The fourth-order valence-electron chi connectivity index (χ4n) is 4.63. The number of likely N-dealkylation sites (N-methyl/N-ethyl adjacent to an activating group) is 1. The van der Waals surface area contributed by atoms with Crippen LogP contribution in [0.3, 0.4) is 0 Å². The maximum atomic E-state index is 15.5. The van der Waals surface area contributed by atoms with Gasteiger partial charge in [-0.3, -0.25) is 14.9 Å². The lowest BCUT2D eigenvalue weighted by atomic mass is 10.1. The van der Waals surface area contributed by atoms with E-state index in [1.165, 1.54) is 47.8 Å². The second-order valence-electron chi connectivity index (χ2n) is 9.82. The van der Waals surface area contributed by atoms with Gasteiger partial charge in [0.05, 0.1) is 22.8 Å². The van der Waals surface area contributed by atoms with Crippen LogP contribution in [0.1, 0.15) is 22.1 Å². The van der Waals surface area contributed by atoms with Crippen molar-refractivity contribution in [3.8, 4) is 16.3 Å². The molecule has 1 saturated heterocycles. The van der Waals surface area contributed by atoms with Crippen LogP contribution in [0, 0.1) is 15.9 Å². The zero-order valence-corrected chi connectivity index (χ0v) is 23.5. The average Bonchev–Trinajstić information content (AvgIpc) is 3.68. The molecule has 1 aliphatic rings. The van der Waals surface area contributed by atoms with Crippen molar-refractivity contribution in [2.45, 2.75) is 0 Å². The topological polar surface area (TPSA) is 151 Å². The van der Waals surface area contributed by atoms with E-state index in [1.807, 2.05) is 11.9 Å². The number of nitrogens with zero attached hydrogens (tertiary/aromatic N) is 6. The second-order valence-corrected chi connectivity index (χ2v) is 10.7. The van der Waals surface area contributed by atoms with Gasteiger partial charge in [0.15, 0.2) is 5.82 Å². The van der Waals surface area contributed by atoms with Gasteiger partial charge in [-0.1, -0.05) is 12.1 Å². The number of phenolic OH excluding ortho intramolecular Hbond substituents is 1. The van der Waals surface area contributed by atoms with E-state index in [0.717, 1.165) is 13.1 Å². The van der Waals surface area contributed by atoms with Crippen LogP contribution < -0.4 is 10.2 Å². The maximum Gasteiger partial charge on any atom is 0.433 e. The summed E-state index contributed by atoms with van der Waals surface area (Å²) in [5.41, 5.74) is 1.35. The Morgan fingerprint density at radius 2 is 1.91 bits per heavy atom. The minimum Gasteiger partial charge on any atom is -0.507 e. The third-order valence-corrected chi connectivity index (χ3v) is 7.79. The minimum absolute atomic E-state index is 0.0375. The van der Waals surface area contributed by atoms with E-state index in [4.69, 9.17) is 4.42 Å². The molecular weight excluding hydrogens is 577 g/mol. The Hall–Kier alpha value is -5.21. The molecule has 6 rings (SSSR count). The lowest BCUT2D eigenvalue weighted by Crippen LogP contribution is -2.44. The molecule has 2 N–H and O–H groups in total. The van der Waals surface area contributed by atoms with Gasteiger partial charge in [0, 0.05) is 36.9 Å². The zero-order chi connectivity index (χ0) is 30.1. The summed E-state index contributed by atoms with van der Waals surface area (Å²) in [6.07, 6.45) is 2.94. The number of furan rings is 1. The fraction of sp³-hybridized carbons (Fsp3) is 0.172. The summed E-state index contributed by atoms with van der Waals surface area (Å²) >= 11 is 1.19. The van der Waals surface area contributed by atoms with E-state index >= 15 is 4.39 Å². The maximum absolute atomic E-state index is 15.5. The zero-order valence-electron chi connectivity index (χ0n) is 22.7. The summed E-state index contributed by atoms with van der Waals surface area (Å²) < 4.78 is 20.6. The Bertz CT molecular complexity index is 1880. The van der Waals surface area contributed by atoms with Crippen molar-refractivity contribution in [1.82, 2.24) is 19.9 Å². The van der Waals surface area contributed by atoms with Crippen LogP contribution in [0.15, 0.2) is 58.3 Å². The van der Waals surface area contributed by atoms with Crippen molar-refractivity contribution >= 4 is 57.7 Å². The average molecular weight is 602 g/mol. The summed E-state index contributed by atoms with van der Waals surface area (Å²) in [5.74, 6) is -1.01. The molecule has 5 aromatic rings. The van der Waals surface area contributed by atoms with Crippen molar-refractivity contribution in [1.29, 1.82) is 0 Å². The van der Waals surface area contributed by atoms with Gasteiger partial charge in [-0.15, -0.1) is 11.3 Å². The molecule has 1 aliphatic heterocycles. The first-order valence-corrected chi connectivity index (χ1v) is 14.1. The number of carbonyl (C=O) groups is 1. The highest BCUT2D eigenvalue weighted by Gasteiger charge is 2.21. The number of halogens is 1. The quantitative estimate of drug-likeness (QED) is 0.186. The third-order valence-electron chi connectivity index (χ3n) is 6.92. The number of amides is 1. The van der Waals surface area contributed by atoms with Gasteiger partial charge in [-0.2, -0.15) is 0 Å². The number of anilines is 2. The van der Waals surface area contributed by atoms with Gasteiger partial charge in [0.25, 0.3) is 5.91 Å². The van der Waals surface area contributed by atoms with Gasteiger partial charge in [0.2, 0.25) is 0 Å². The van der Waals surface area contributed by atoms with Crippen LogP contribution in [0.4, 0.5) is 21.8 Å². The van der Waals surface area contributed by atoms with Crippen molar-refractivity contribution in [3.05, 3.63) is 87.1 Å². The number of hydrogen-bond donors (Lipinski definition) is 2. The summed E-state index contributed by atoms with van der Waals surface area (Å²) in [5, 5.41) is 26.2. The number of aromatic hydroxyl groups is 1. The lowest BCUT2D eigenvalue weighted by molar-refractivity contribution is -0.402. The number of carbonyl (C=O) groups excluding carboxylic acids is 1. The van der Waals surface area contributed by atoms with Gasteiger partial charge in [-0.05, 0) is 49.5 Å². The highest BCUT2D eigenvalue weighted by atomic mass is 32.1. The molecule has 0 atom stereocenters. The Balaban J connectivity index is 1.36. The number of aromatic nitrogens is 3. The fourth-order valence-corrected chi connectivity index (χ4v) is 5.46. The van der Waals surface area contributed by atoms with E-state index in [0.29, 0.717) is 34.9 Å². The Morgan fingerprint density at radius 1 is 1.12 bits per heavy atom. The molecule has 0 unspecified atom stereocenters. The number of nitrogens with one attached hydrogen (secondary N) is 1. The molecule has 3 aromatic heterocycles. The molecule has 0 bridgehead atoms. The van der Waals surface area contributed by atoms with E-state index in [2.05, 4.69) is 25.2 Å². The molecule has 0 radical (unpaired) electrons. The van der Waals surface area contributed by atoms with E-state index in [9.17, 15) is 20.0 Å². The largest absolute Gasteiger partial charge is 0.507 e. The highest BCUT2D eigenvalue weighted by molar-refractivity contribution is 7.13. The predicted octanol–water partition coefficient (Wildman–Crippen LogP) is 5.27. The molecular formula is C29H24FN7O5S. The van der Waals surface area contributed by atoms with Crippen LogP contribution in [-0.2, 0) is 0 Å².